The van der Waals surface area contributed by atoms with Crippen molar-refractivity contribution in [1.29, 1.82) is 0 Å². The predicted molar refractivity (Wildman–Crippen MR) is 139 cm³/mol. The summed E-state index contributed by atoms with van der Waals surface area (Å²) in [4.78, 5) is 26.8. The van der Waals surface area contributed by atoms with Crippen LogP contribution in [0.4, 0.5) is 0 Å². The molecule has 0 amide bonds. The molecule has 2 aromatic heterocycles. The second kappa shape index (κ2) is 8.41. The number of nitrogens with zero attached hydrogens (tertiary/aromatic N) is 3. The minimum atomic E-state index is -0.530. The standard InChI is InChI=1S/C28H31N3O5/c1-16-8-10-17(11-9-16)22-21-23(29(4)27(33)30(5)26(21)32)24-25(36-15-28(2,3)31(22)24)18-12-13-19(34-6)20(14-18)35-7/h8-14,25H,15H2,1-7H3/t25-/m1/s1. The Hall–Kier alpha value is -3.78. The van der Waals surface area contributed by atoms with Crippen LogP contribution >= 0.6 is 0 Å². The van der Waals surface area contributed by atoms with E-state index in [1.807, 2.05) is 49.4 Å². The van der Waals surface area contributed by atoms with Gasteiger partial charge in [0.15, 0.2) is 11.5 Å². The van der Waals surface area contributed by atoms with Crippen LogP contribution in [-0.4, -0.2) is 34.5 Å². The van der Waals surface area contributed by atoms with E-state index < -0.39 is 11.6 Å². The molecule has 0 saturated heterocycles. The molecule has 4 aromatic rings. The Morgan fingerprint density at radius 1 is 0.944 bits per heavy atom. The van der Waals surface area contributed by atoms with E-state index in [1.54, 1.807) is 25.8 Å². The largest absolute Gasteiger partial charge is 0.493 e. The number of rotatable bonds is 4. The maximum absolute atomic E-state index is 13.7. The summed E-state index contributed by atoms with van der Waals surface area (Å²) in [6.07, 6.45) is -0.530. The lowest BCUT2D eigenvalue weighted by atomic mass is 9.97. The molecule has 0 aliphatic carbocycles. The van der Waals surface area contributed by atoms with Crippen LogP contribution in [0.25, 0.3) is 22.2 Å². The summed E-state index contributed by atoms with van der Waals surface area (Å²) in [5.41, 5.74) is 3.81. The van der Waals surface area contributed by atoms with Crippen LogP contribution in [-0.2, 0) is 24.4 Å². The van der Waals surface area contributed by atoms with Crippen LogP contribution in [0, 0.1) is 6.92 Å². The molecule has 0 fully saturated rings. The molecule has 36 heavy (non-hydrogen) atoms. The molecule has 1 atom stereocenters. The Morgan fingerprint density at radius 3 is 2.25 bits per heavy atom. The van der Waals surface area contributed by atoms with Gasteiger partial charge in [0.2, 0.25) is 0 Å². The summed E-state index contributed by atoms with van der Waals surface area (Å²) in [6.45, 7) is 6.61. The molecular formula is C28H31N3O5. The van der Waals surface area contributed by atoms with Gasteiger partial charge in [-0.1, -0.05) is 35.9 Å². The third-order valence-electron chi connectivity index (χ3n) is 7.10. The van der Waals surface area contributed by atoms with Gasteiger partial charge in [-0.2, -0.15) is 0 Å². The van der Waals surface area contributed by atoms with Crippen molar-refractivity contribution in [2.24, 2.45) is 14.1 Å². The second-order valence-corrected chi connectivity index (χ2v) is 9.98. The highest BCUT2D eigenvalue weighted by molar-refractivity contribution is 5.96. The molecule has 5 rings (SSSR count). The molecule has 1 aliphatic heterocycles. The number of aromatic nitrogens is 3. The number of fused-ring (bicyclic) bond motifs is 3. The van der Waals surface area contributed by atoms with Gasteiger partial charge in [-0.05, 0) is 44.0 Å². The van der Waals surface area contributed by atoms with Gasteiger partial charge in [0.05, 0.1) is 48.7 Å². The number of benzene rings is 2. The first-order chi connectivity index (χ1) is 17.1. The summed E-state index contributed by atoms with van der Waals surface area (Å²) in [7, 11) is 6.41. The van der Waals surface area contributed by atoms with Crippen molar-refractivity contribution in [3.63, 3.8) is 0 Å². The van der Waals surface area contributed by atoms with Crippen LogP contribution in [0.1, 0.15) is 36.8 Å². The average molecular weight is 490 g/mol. The maximum atomic E-state index is 13.7. The molecule has 0 N–H and O–H groups in total. The Bertz CT molecular complexity index is 1610. The molecule has 0 unspecified atom stereocenters. The Kier molecular flexibility index (Phi) is 5.59. The zero-order valence-electron chi connectivity index (χ0n) is 21.7. The fourth-order valence-corrected chi connectivity index (χ4v) is 5.25. The Morgan fingerprint density at radius 2 is 1.61 bits per heavy atom. The molecule has 188 valence electrons. The molecule has 3 heterocycles. The molecule has 8 nitrogen and oxygen atoms in total. The third kappa shape index (κ3) is 3.39. The van der Waals surface area contributed by atoms with Gasteiger partial charge in [-0.15, -0.1) is 0 Å². The van der Waals surface area contributed by atoms with Gasteiger partial charge in [0, 0.05) is 14.1 Å². The summed E-state index contributed by atoms with van der Waals surface area (Å²) in [6, 6.07) is 13.8. The molecule has 0 bridgehead atoms. The van der Waals surface area contributed by atoms with Crippen molar-refractivity contribution in [3.05, 3.63) is 80.1 Å². The molecule has 0 radical (unpaired) electrons. The third-order valence-corrected chi connectivity index (χ3v) is 7.10. The first-order valence-electron chi connectivity index (χ1n) is 11.9. The van der Waals surface area contributed by atoms with Crippen molar-refractivity contribution in [2.75, 3.05) is 20.8 Å². The Balaban J connectivity index is 1.95. The minimum Gasteiger partial charge on any atom is -0.493 e. The number of ether oxygens (including phenoxy) is 3. The van der Waals surface area contributed by atoms with Crippen LogP contribution in [0.2, 0.25) is 0 Å². The zero-order chi connectivity index (χ0) is 25.9. The number of methoxy groups -OCH3 is 2. The lowest BCUT2D eigenvalue weighted by Crippen LogP contribution is -2.40. The summed E-state index contributed by atoms with van der Waals surface area (Å²) >= 11 is 0. The van der Waals surface area contributed by atoms with E-state index in [9.17, 15) is 9.59 Å². The van der Waals surface area contributed by atoms with Crippen LogP contribution in [0.5, 0.6) is 11.5 Å². The zero-order valence-corrected chi connectivity index (χ0v) is 21.7. The number of hydrogen-bond donors (Lipinski definition) is 0. The normalized spacial score (nSPS) is 16.7. The van der Waals surface area contributed by atoms with Gasteiger partial charge in [0.1, 0.15) is 6.10 Å². The second-order valence-electron chi connectivity index (χ2n) is 9.98. The first-order valence-corrected chi connectivity index (χ1v) is 11.9. The fourth-order valence-electron chi connectivity index (χ4n) is 5.25. The number of hydrogen-bond acceptors (Lipinski definition) is 5. The highest BCUT2D eigenvalue weighted by Crippen LogP contribution is 2.46. The quantitative estimate of drug-likeness (QED) is 0.435. The van der Waals surface area contributed by atoms with E-state index in [1.165, 1.54) is 11.6 Å². The average Bonchev–Trinajstić information content (AvgIpc) is 3.24. The predicted octanol–water partition coefficient (Wildman–Crippen LogP) is 3.89. The summed E-state index contributed by atoms with van der Waals surface area (Å²) < 4.78 is 22.4. The fraction of sp³-hybridized carbons (Fsp3) is 0.357. The highest BCUT2D eigenvalue weighted by Gasteiger charge is 2.40. The first kappa shape index (κ1) is 23.9. The molecular weight excluding hydrogens is 458 g/mol. The lowest BCUT2D eigenvalue weighted by molar-refractivity contribution is -0.00716. The number of aryl methyl sites for hydroxylation is 2. The van der Waals surface area contributed by atoms with Gasteiger partial charge < -0.3 is 18.8 Å². The lowest BCUT2D eigenvalue weighted by Gasteiger charge is -2.39. The summed E-state index contributed by atoms with van der Waals surface area (Å²) in [5.74, 6) is 1.19. The molecule has 8 heteroatoms. The van der Waals surface area contributed by atoms with E-state index in [-0.39, 0.29) is 11.2 Å². The maximum Gasteiger partial charge on any atom is 0.331 e. The monoisotopic (exact) mass is 489 g/mol. The Labute approximate surface area is 209 Å². The van der Waals surface area contributed by atoms with Crippen molar-refractivity contribution in [2.45, 2.75) is 32.4 Å². The van der Waals surface area contributed by atoms with Crippen LogP contribution in [0.15, 0.2) is 52.1 Å². The van der Waals surface area contributed by atoms with Gasteiger partial charge in [-0.3, -0.25) is 13.9 Å². The van der Waals surface area contributed by atoms with Gasteiger partial charge in [0.25, 0.3) is 5.56 Å². The summed E-state index contributed by atoms with van der Waals surface area (Å²) in [5, 5.41) is 0.502. The van der Waals surface area contributed by atoms with Crippen molar-refractivity contribution in [3.8, 4) is 22.8 Å². The van der Waals surface area contributed by atoms with E-state index >= 15 is 0 Å². The van der Waals surface area contributed by atoms with E-state index in [2.05, 4.69) is 18.4 Å². The highest BCUT2D eigenvalue weighted by atomic mass is 16.5. The van der Waals surface area contributed by atoms with Crippen molar-refractivity contribution in [1.82, 2.24) is 13.7 Å². The van der Waals surface area contributed by atoms with Crippen molar-refractivity contribution >= 4 is 10.9 Å². The molecule has 1 aliphatic rings. The molecule has 0 spiro atoms. The van der Waals surface area contributed by atoms with E-state index in [4.69, 9.17) is 14.2 Å². The van der Waals surface area contributed by atoms with Crippen LogP contribution < -0.4 is 20.7 Å². The van der Waals surface area contributed by atoms with E-state index in [0.29, 0.717) is 29.0 Å². The van der Waals surface area contributed by atoms with E-state index in [0.717, 1.165) is 28.1 Å². The smallest absolute Gasteiger partial charge is 0.331 e. The van der Waals surface area contributed by atoms with Crippen LogP contribution in [0.3, 0.4) is 0 Å². The topological polar surface area (TPSA) is 76.6 Å². The molecule has 2 aromatic carbocycles. The van der Waals surface area contributed by atoms with Gasteiger partial charge in [-0.25, -0.2) is 4.79 Å². The minimum absolute atomic E-state index is 0.326. The SMILES string of the molecule is COc1ccc([C@H]2OCC(C)(C)n3c(-c4ccc(C)cc4)c4c(=O)n(C)c(=O)n(C)c4c32)cc1OC. The molecule has 0 saturated carbocycles. The van der Waals surface area contributed by atoms with Crippen molar-refractivity contribution < 1.29 is 14.2 Å². The van der Waals surface area contributed by atoms with Gasteiger partial charge >= 0.3 is 5.69 Å².